The largest absolute Gasteiger partial charge is 0.353 e. The van der Waals surface area contributed by atoms with Gasteiger partial charge in [0, 0.05) is 31.3 Å². The molecule has 1 saturated carbocycles. The van der Waals surface area contributed by atoms with Crippen LogP contribution < -0.4 is 11.1 Å². The van der Waals surface area contributed by atoms with Crippen molar-refractivity contribution in [3.05, 3.63) is 34.4 Å². The third-order valence-electron chi connectivity index (χ3n) is 4.88. The highest BCUT2D eigenvalue weighted by molar-refractivity contribution is 7.89. The number of hydrogen-bond acceptors (Lipinski definition) is 6. The molecule has 1 amide bonds. The van der Waals surface area contributed by atoms with Gasteiger partial charge in [0.2, 0.25) is 15.9 Å². The van der Waals surface area contributed by atoms with E-state index in [1.54, 1.807) is 0 Å². The molecule has 9 nitrogen and oxygen atoms in total. The normalized spacial score (nSPS) is 22.1. The van der Waals surface area contributed by atoms with Crippen LogP contribution in [0.4, 0.5) is 5.69 Å². The lowest BCUT2D eigenvalue weighted by Gasteiger charge is -2.24. The van der Waals surface area contributed by atoms with Crippen LogP contribution >= 0.6 is 0 Å². The predicted octanol–water partition coefficient (Wildman–Crippen LogP) is 0.601. The first-order valence-corrected chi connectivity index (χ1v) is 10.0. The van der Waals surface area contributed by atoms with E-state index >= 15 is 0 Å². The van der Waals surface area contributed by atoms with Crippen LogP contribution in [0.25, 0.3) is 0 Å². The maximum absolute atomic E-state index is 12.9. The quantitative estimate of drug-likeness (QED) is 0.524. The van der Waals surface area contributed by atoms with Gasteiger partial charge in [-0.3, -0.25) is 14.9 Å². The summed E-state index contributed by atoms with van der Waals surface area (Å²) < 4.78 is 26.9. The molecular weight excluding hydrogens is 360 g/mol. The van der Waals surface area contributed by atoms with Gasteiger partial charge in [-0.05, 0) is 37.7 Å². The van der Waals surface area contributed by atoms with E-state index < -0.39 is 21.0 Å². The number of nitro benzene ring substituents is 1. The van der Waals surface area contributed by atoms with Crippen LogP contribution in [0, 0.1) is 16.0 Å². The lowest BCUT2D eigenvalue weighted by Crippen LogP contribution is -2.48. The molecule has 1 aromatic rings. The summed E-state index contributed by atoms with van der Waals surface area (Å²) in [5, 5.41) is 13.7. The fourth-order valence-corrected chi connectivity index (χ4v) is 4.91. The van der Waals surface area contributed by atoms with Crippen molar-refractivity contribution >= 4 is 21.6 Å². The van der Waals surface area contributed by atoms with E-state index in [1.807, 2.05) is 0 Å². The topological polar surface area (TPSA) is 136 Å². The van der Waals surface area contributed by atoms with Crippen LogP contribution in [-0.4, -0.2) is 48.7 Å². The minimum atomic E-state index is -3.99. The molecule has 2 atom stereocenters. The number of hydrogen-bond donors (Lipinski definition) is 2. The van der Waals surface area contributed by atoms with Gasteiger partial charge in [-0.15, -0.1) is 0 Å². The number of non-ortho nitro benzene ring substituents is 1. The molecule has 0 bridgehead atoms. The number of nitro groups is 1. The monoisotopic (exact) mass is 382 g/mol. The molecule has 3 N–H and O–H groups in total. The highest BCUT2D eigenvalue weighted by Crippen LogP contribution is 2.31. The second-order valence-electron chi connectivity index (χ2n) is 6.77. The molecule has 1 saturated heterocycles. The van der Waals surface area contributed by atoms with Gasteiger partial charge >= 0.3 is 0 Å². The molecule has 3 rings (SSSR count). The van der Waals surface area contributed by atoms with Gasteiger partial charge < -0.3 is 11.1 Å². The Hall–Kier alpha value is -2.04. The molecule has 1 aliphatic heterocycles. The lowest BCUT2D eigenvalue weighted by molar-refractivity contribution is -0.385. The fourth-order valence-electron chi connectivity index (χ4n) is 3.21. The zero-order chi connectivity index (χ0) is 18.9. The highest BCUT2D eigenvalue weighted by Gasteiger charge is 2.40. The molecule has 0 spiro atoms. The van der Waals surface area contributed by atoms with Crippen molar-refractivity contribution in [3.8, 4) is 0 Å². The standard InChI is InChI=1S/C16H22N4O5S/c17-14(11-6-7-11)10-18-16(21)15-5-2-8-19(15)26(24,25)13-4-1-3-12(9-13)20(22)23/h1,3-4,9,11,14-15H,2,5-8,10,17H2,(H,18,21). The number of rotatable bonds is 7. The summed E-state index contributed by atoms with van der Waals surface area (Å²) in [6.07, 6.45) is 3.10. The molecule has 1 heterocycles. The van der Waals surface area contributed by atoms with Crippen LogP contribution in [0.15, 0.2) is 29.2 Å². The number of nitrogens with zero attached hydrogens (tertiary/aromatic N) is 2. The van der Waals surface area contributed by atoms with Gasteiger partial charge in [-0.1, -0.05) is 6.07 Å². The first-order chi connectivity index (χ1) is 12.3. The average molecular weight is 382 g/mol. The minimum Gasteiger partial charge on any atom is -0.353 e. The summed E-state index contributed by atoms with van der Waals surface area (Å²) in [6, 6.07) is 3.95. The molecule has 0 radical (unpaired) electrons. The molecule has 2 aliphatic rings. The van der Waals surface area contributed by atoms with Crippen molar-refractivity contribution in [1.29, 1.82) is 0 Å². The minimum absolute atomic E-state index is 0.109. The number of nitrogens with one attached hydrogen (secondary N) is 1. The van der Waals surface area contributed by atoms with Gasteiger partial charge in [-0.25, -0.2) is 8.42 Å². The number of carbonyl (C=O) groups is 1. The van der Waals surface area contributed by atoms with E-state index in [1.165, 1.54) is 18.2 Å². The van der Waals surface area contributed by atoms with Crippen molar-refractivity contribution in [3.63, 3.8) is 0 Å². The summed E-state index contributed by atoms with van der Waals surface area (Å²) in [4.78, 5) is 22.6. The number of sulfonamides is 1. The zero-order valence-electron chi connectivity index (χ0n) is 14.2. The first-order valence-electron chi connectivity index (χ1n) is 8.60. The van der Waals surface area contributed by atoms with E-state index in [9.17, 15) is 23.3 Å². The molecule has 0 aromatic heterocycles. The predicted molar refractivity (Wildman–Crippen MR) is 93.7 cm³/mol. The Balaban J connectivity index is 1.74. The number of amides is 1. The average Bonchev–Trinajstić information content (AvgIpc) is 3.35. The summed E-state index contributed by atoms with van der Waals surface area (Å²) in [5.74, 6) is 0.0659. The van der Waals surface area contributed by atoms with Crippen molar-refractivity contribution in [2.45, 2.75) is 42.7 Å². The zero-order valence-corrected chi connectivity index (χ0v) is 15.0. The second-order valence-corrected chi connectivity index (χ2v) is 8.67. The van der Waals surface area contributed by atoms with Gasteiger partial charge in [0.25, 0.3) is 5.69 Å². The van der Waals surface area contributed by atoms with E-state index in [-0.39, 0.29) is 29.1 Å². The Morgan fingerprint density at radius 1 is 1.38 bits per heavy atom. The second kappa shape index (κ2) is 7.29. The summed E-state index contributed by atoms with van der Waals surface area (Å²) >= 11 is 0. The van der Waals surface area contributed by atoms with Crippen LogP contribution in [-0.2, 0) is 14.8 Å². The van der Waals surface area contributed by atoms with Gasteiger partial charge in [0.1, 0.15) is 6.04 Å². The highest BCUT2D eigenvalue weighted by atomic mass is 32.2. The van der Waals surface area contributed by atoms with E-state index in [2.05, 4.69) is 5.32 Å². The van der Waals surface area contributed by atoms with Crippen LogP contribution in [0.3, 0.4) is 0 Å². The van der Waals surface area contributed by atoms with Crippen LogP contribution in [0.2, 0.25) is 0 Å². The van der Waals surface area contributed by atoms with E-state index in [0.717, 1.165) is 23.2 Å². The van der Waals surface area contributed by atoms with Crippen molar-refractivity contribution < 1.29 is 18.1 Å². The van der Waals surface area contributed by atoms with Gasteiger partial charge in [-0.2, -0.15) is 4.31 Å². The molecular formula is C16H22N4O5S. The third kappa shape index (κ3) is 3.87. The Kier molecular flexibility index (Phi) is 5.26. The van der Waals surface area contributed by atoms with Gasteiger partial charge in [0.15, 0.2) is 0 Å². The SMILES string of the molecule is NC(CNC(=O)C1CCCN1S(=O)(=O)c1cccc([N+](=O)[O-])c1)C1CC1. The molecule has 1 aliphatic carbocycles. The molecule has 2 unspecified atom stereocenters. The maximum Gasteiger partial charge on any atom is 0.270 e. The number of benzene rings is 1. The van der Waals surface area contributed by atoms with Gasteiger partial charge in [0.05, 0.1) is 9.82 Å². The first kappa shape index (κ1) is 18.7. The lowest BCUT2D eigenvalue weighted by atomic mass is 10.2. The summed E-state index contributed by atoms with van der Waals surface area (Å²) in [5.41, 5.74) is 5.67. The Morgan fingerprint density at radius 3 is 2.77 bits per heavy atom. The molecule has 142 valence electrons. The number of nitrogens with two attached hydrogens (primary N) is 1. The van der Waals surface area contributed by atoms with Crippen LogP contribution in [0.5, 0.6) is 0 Å². The maximum atomic E-state index is 12.9. The number of carbonyl (C=O) groups excluding carboxylic acids is 1. The fraction of sp³-hybridized carbons (Fsp3) is 0.562. The van der Waals surface area contributed by atoms with Crippen molar-refractivity contribution in [1.82, 2.24) is 9.62 Å². The molecule has 10 heteroatoms. The smallest absolute Gasteiger partial charge is 0.270 e. The molecule has 1 aromatic carbocycles. The molecule has 2 fully saturated rings. The summed E-state index contributed by atoms with van der Waals surface area (Å²) in [7, 11) is -3.99. The Bertz CT molecular complexity index is 809. The van der Waals surface area contributed by atoms with E-state index in [4.69, 9.17) is 5.73 Å². The van der Waals surface area contributed by atoms with E-state index in [0.29, 0.717) is 25.3 Å². The van der Waals surface area contributed by atoms with Crippen molar-refractivity contribution in [2.24, 2.45) is 11.7 Å². The Morgan fingerprint density at radius 2 is 2.12 bits per heavy atom. The summed E-state index contributed by atoms with van der Waals surface area (Å²) in [6.45, 7) is 0.530. The van der Waals surface area contributed by atoms with Crippen LogP contribution in [0.1, 0.15) is 25.7 Å². The third-order valence-corrected chi connectivity index (χ3v) is 6.79. The molecule has 26 heavy (non-hydrogen) atoms. The van der Waals surface area contributed by atoms with Crippen molar-refractivity contribution in [2.75, 3.05) is 13.1 Å². The Labute approximate surface area is 151 Å².